The van der Waals surface area contributed by atoms with Crippen molar-refractivity contribution in [1.29, 1.82) is 0 Å². The predicted molar refractivity (Wildman–Crippen MR) is 64.1 cm³/mol. The van der Waals surface area contributed by atoms with Gasteiger partial charge in [-0.3, -0.25) is 0 Å². The number of hydrogen-bond acceptors (Lipinski definition) is 3. The zero-order valence-electron chi connectivity index (χ0n) is 9.74. The normalized spacial score (nSPS) is 14.6. The number of methoxy groups -OCH3 is 2. The first kappa shape index (κ1) is 13.3. The van der Waals surface area contributed by atoms with Crippen molar-refractivity contribution >= 4 is 11.6 Å². The van der Waals surface area contributed by atoms with Gasteiger partial charge in [0.25, 0.3) is 0 Å². The van der Waals surface area contributed by atoms with Crippen LogP contribution in [0.2, 0.25) is 5.02 Å². The molecule has 0 spiro atoms. The van der Waals surface area contributed by atoms with E-state index in [1.165, 1.54) is 0 Å². The molecule has 90 valence electrons. The Morgan fingerprint density at radius 1 is 1.38 bits per heavy atom. The molecular formula is C12H17ClO3. The lowest BCUT2D eigenvalue weighted by molar-refractivity contribution is -0.0158. The maximum absolute atomic E-state index is 10.2. The van der Waals surface area contributed by atoms with Gasteiger partial charge in [0.15, 0.2) is 0 Å². The third-order valence-electron chi connectivity index (χ3n) is 2.57. The molecule has 0 aliphatic carbocycles. The molecule has 1 aromatic carbocycles. The van der Waals surface area contributed by atoms with E-state index in [0.717, 1.165) is 0 Å². The summed E-state index contributed by atoms with van der Waals surface area (Å²) in [5, 5.41) is 10.7. The molecule has 0 fully saturated rings. The van der Waals surface area contributed by atoms with Crippen LogP contribution in [0, 0.1) is 0 Å². The van der Waals surface area contributed by atoms with Crippen molar-refractivity contribution in [2.24, 2.45) is 0 Å². The van der Waals surface area contributed by atoms with Gasteiger partial charge in [0.2, 0.25) is 0 Å². The number of rotatable bonds is 5. The summed E-state index contributed by atoms with van der Waals surface area (Å²) >= 11 is 5.90. The first-order chi connectivity index (χ1) is 7.63. The standard InChI is InChI=1S/C12H17ClO3/c1-4-10(15-2)12(14)9-7-8(13)5-6-11(9)16-3/h5-7,10,12,14H,4H2,1-3H3. The number of ether oxygens (including phenoxy) is 2. The van der Waals surface area contributed by atoms with Crippen molar-refractivity contribution in [1.82, 2.24) is 0 Å². The minimum absolute atomic E-state index is 0.257. The summed E-state index contributed by atoms with van der Waals surface area (Å²) < 4.78 is 10.4. The molecule has 0 aliphatic heterocycles. The molecular weight excluding hydrogens is 228 g/mol. The fourth-order valence-electron chi connectivity index (χ4n) is 1.66. The number of aliphatic hydroxyl groups excluding tert-OH is 1. The summed E-state index contributed by atoms with van der Waals surface area (Å²) in [6, 6.07) is 5.17. The highest BCUT2D eigenvalue weighted by Crippen LogP contribution is 2.31. The monoisotopic (exact) mass is 244 g/mol. The molecule has 16 heavy (non-hydrogen) atoms. The average Bonchev–Trinajstić information content (AvgIpc) is 2.30. The van der Waals surface area contributed by atoms with Crippen LogP contribution in [0.3, 0.4) is 0 Å². The van der Waals surface area contributed by atoms with E-state index in [4.69, 9.17) is 21.1 Å². The minimum Gasteiger partial charge on any atom is -0.496 e. The zero-order chi connectivity index (χ0) is 12.1. The van der Waals surface area contributed by atoms with Gasteiger partial charge >= 0.3 is 0 Å². The molecule has 1 N–H and O–H groups in total. The molecule has 0 radical (unpaired) electrons. The molecule has 2 atom stereocenters. The van der Waals surface area contributed by atoms with Gasteiger partial charge < -0.3 is 14.6 Å². The van der Waals surface area contributed by atoms with Crippen LogP contribution in [0.4, 0.5) is 0 Å². The summed E-state index contributed by atoms with van der Waals surface area (Å²) in [5.74, 6) is 0.618. The van der Waals surface area contributed by atoms with Gasteiger partial charge in [-0.1, -0.05) is 18.5 Å². The van der Waals surface area contributed by atoms with Crippen LogP contribution in [0.25, 0.3) is 0 Å². The summed E-state index contributed by atoms with van der Waals surface area (Å²) in [5.41, 5.74) is 0.656. The molecule has 3 nitrogen and oxygen atoms in total. The van der Waals surface area contributed by atoms with Crippen LogP contribution in [-0.4, -0.2) is 25.4 Å². The molecule has 0 aliphatic rings. The largest absolute Gasteiger partial charge is 0.496 e. The lowest BCUT2D eigenvalue weighted by Crippen LogP contribution is -2.20. The maximum atomic E-state index is 10.2. The number of hydrogen-bond donors (Lipinski definition) is 1. The van der Waals surface area contributed by atoms with E-state index in [1.54, 1.807) is 32.4 Å². The van der Waals surface area contributed by atoms with Crippen LogP contribution in [0.15, 0.2) is 18.2 Å². The van der Waals surface area contributed by atoms with Crippen molar-refractivity contribution in [2.45, 2.75) is 25.6 Å². The van der Waals surface area contributed by atoms with Crippen LogP contribution < -0.4 is 4.74 Å². The predicted octanol–water partition coefficient (Wildman–Crippen LogP) is 2.81. The zero-order valence-corrected chi connectivity index (χ0v) is 10.5. The second-order valence-corrected chi connectivity index (χ2v) is 3.95. The van der Waals surface area contributed by atoms with E-state index >= 15 is 0 Å². The molecule has 0 saturated carbocycles. The third kappa shape index (κ3) is 2.88. The Morgan fingerprint density at radius 2 is 2.06 bits per heavy atom. The Kier molecular flexibility index (Phi) is 5.06. The smallest absolute Gasteiger partial charge is 0.124 e. The van der Waals surface area contributed by atoms with Crippen LogP contribution in [-0.2, 0) is 4.74 Å². The highest BCUT2D eigenvalue weighted by molar-refractivity contribution is 6.30. The van der Waals surface area contributed by atoms with Crippen LogP contribution in [0.1, 0.15) is 25.0 Å². The molecule has 1 rings (SSSR count). The number of benzene rings is 1. The van der Waals surface area contributed by atoms with Crippen molar-refractivity contribution < 1.29 is 14.6 Å². The summed E-state index contributed by atoms with van der Waals surface area (Å²) in [7, 11) is 3.14. The second kappa shape index (κ2) is 6.09. The molecule has 2 unspecified atom stereocenters. The Labute approximate surface area is 101 Å². The molecule has 0 aromatic heterocycles. The molecule has 0 heterocycles. The third-order valence-corrected chi connectivity index (χ3v) is 2.80. The van der Waals surface area contributed by atoms with Gasteiger partial charge in [-0.2, -0.15) is 0 Å². The molecule has 0 saturated heterocycles. The van der Waals surface area contributed by atoms with Gasteiger partial charge in [-0.05, 0) is 24.6 Å². The van der Waals surface area contributed by atoms with E-state index in [2.05, 4.69) is 0 Å². The first-order valence-electron chi connectivity index (χ1n) is 5.18. The molecule has 0 amide bonds. The maximum Gasteiger partial charge on any atom is 0.124 e. The lowest BCUT2D eigenvalue weighted by atomic mass is 10.0. The quantitative estimate of drug-likeness (QED) is 0.866. The van der Waals surface area contributed by atoms with Gasteiger partial charge in [-0.25, -0.2) is 0 Å². The van der Waals surface area contributed by atoms with E-state index in [9.17, 15) is 5.11 Å². The topological polar surface area (TPSA) is 38.7 Å². The van der Waals surface area contributed by atoms with Crippen LogP contribution in [0.5, 0.6) is 5.75 Å². The van der Waals surface area contributed by atoms with E-state index in [0.29, 0.717) is 22.8 Å². The lowest BCUT2D eigenvalue weighted by Gasteiger charge is -2.22. The SMILES string of the molecule is CCC(OC)C(O)c1cc(Cl)ccc1OC. The molecule has 1 aromatic rings. The van der Waals surface area contributed by atoms with Crippen molar-refractivity contribution in [3.8, 4) is 5.75 Å². The Bertz CT molecular complexity index is 337. The summed E-state index contributed by atoms with van der Waals surface area (Å²) in [6.45, 7) is 1.95. The average molecular weight is 245 g/mol. The summed E-state index contributed by atoms with van der Waals surface area (Å²) in [6.07, 6.45) is -0.274. The fraction of sp³-hybridized carbons (Fsp3) is 0.500. The highest BCUT2D eigenvalue weighted by Gasteiger charge is 2.22. The van der Waals surface area contributed by atoms with Crippen LogP contribution >= 0.6 is 11.6 Å². The Morgan fingerprint density at radius 3 is 2.56 bits per heavy atom. The fourth-order valence-corrected chi connectivity index (χ4v) is 1.84. The van der Waals surface area contributed by atoms with E-state index < -0.39 is 6.10 Å². The number of aliphatic hydroxyl groups is 1. The van der Waals surface area contributed by atoms with Gasteiger partial charge in [0, 0.05) is 17.7 Å². The summed E-state index contributed by atoms with van der Waals surface area (Å²) in [4.78, 5) is 0. The van der Waals surface area contributed by atoms with Crippen molar-refractivity contribution in [2.75, 3.05) is 14.2 Å². The molecule has 0 bridgehead atoms. The van der Waals surface area contributed by atoms with Crippen molar-refractivity contribution in [3.63, 3.8) is 0 Å². The van der Waals surface area contributed by atoms with E-state index in [-0.39, 0.29) is 6.10 Å². The first-order valence-corrected chi connectivity index (χ1v) is 5.56. The van der Waals surface area contributed by atoms with Crippen molar-refractivity contribution in [3.05, 3.63) is 28.8 Å². The van der Waals surface area contributed by atoms with Gasteiger partial charge in [0.1, 0.15) is 11.9 Å². The van der Waals surface area contributed by atoms with Gasteiger partial charge in [-0.15, -0.1) is 0 Å². The van der Waals surface area contributed by atoms with Gasteiger partial charge in [0.05, 0.1) is 13.2 Å². The van der Waals surface area contributed by atoms with E-state index in [1.807, 2.05) is 6.92 Å². The number of halogens is 1. The highest BCUT2D eigenvalue weighted by atomic mass is 35.5. The molecule has 4 heteroatoms. The Hall–Kier alpha value is -0.770. The second-order valence-electron chi connectivity index (χ2n) is 3.51. The Balaban J connectivity index is 3.04. The minimum atomic E-state index is -0.733.